The molecule has 3 aromatic carbocycles. The van der Waals surface area contributed by atoms with Crippen LogP contribution in [-0.4, -0.2) is 10.9 Å². The fraction of sp³-hybridized carbons (Fsp3) is 0.0476. The normalized spacial score (nSPS) is 11.1. The predicted molar refractivity (Wildman–Crippen MR) is 103 cm³/mol. The lowest BCUT2D eigenvalue weighted by atomic mass is 10.1. The Bertz CT molecular complexity index is 1270. The van der Waals surface area contributed by atoms with Crippen molar-refractivity contribution in [3.05, 3.63) is 82.1 Å². The van der Waals surface area contributed by atoms with Gasteiger partial charge in [0.05, 0.1) is 5.56 Å². The molecular formula is C21H12ClF3N2O2. The molecule has 0 bridgehead atoms. The highest BCUT2D eigenvalue weighted by molar-refractivity contribution is 6.31. The Morgan fingerprint density at radius 3 is 2.66 bits per heavy atom. The van der Waals surface area contributed by atoms with E-state index in [0.717, 1.165) is 6.07 Å². The summed E-state index contributed by atoms with van der Waals surface area (Å²) in [6.45, 7) is 1.72. The minimum absolute atomic E-state index is 0.315. The second kappa shape index (κ2) is 7.25. The molecule has 4 aromatic rings. The maximum atomic E-state index is 13.9. The Morgan fingerprint density at radius 1 is 1.07 bits per heavy atom. The topological polar surface area (TPSA) is 55.1 Å². The van der Waals surface area contributed by atoms with Crippen molar-refractivity contribution in [3.63, 3.8) is 0 Å². The number of nitrogens with zero attached hydrogens (tertiary/aromatic N) is 1. The number of benzene rings is 3. The Kier molecular flexibility index (Phi) is 4.76. The lowest BCUT2D eigenvalue weighted by Crippen LogP contribution is -2.16. The lowest BCUT2D eigenvalue weighted by Gasteiger charge is -2.11. The van der Waals surface area contributed by atoms with Gasteiger partial charge in [0.1, 0.15) is 5.52 Å². The highest BCUT2D eigenvalue weighted by Gasteiger charge is 2.20. The minimum Gasteiger partial charge on any atom is -0.436 e. The van der Waals surface area contributed by atoms with Crippen LogP contribution in [0, 0.1) is 24.4 Å². The second-order valence-corrected chi connectivity index (χ2v) is 6.72. The molecule has 0 fully saturated rings. The molecule has 1 heterocycles. The largest absolute Gasteiger partial charge is 0.436 e. The molecule has 0 spiro atoms. The van der Waals surface area contributed by atoms with Crippen molar-refractivity contribution in [1.29, 1.82) is 0 Å². The zero-order valence-electron chi connectivity index (χ0n) is 14.9. The van der Waals surface area contributed by atoms with Crippen molar-refractivity contribution in [2.75, 3.05) is 5.32 Å². The third kappa shape index (κ3) is 3.45. The first-order valence-corrected chi connectivity index (χ1v) is 8.84. The van der Waals surface area contributed by atoms with E-state index in [-0.39, 0.29) is 0 Å². The quantitative estimate of drug-likeness (QED) is 0.409. The van der Waals surface area contributed by atoms with Crippen molar-refractivity contribution in [2.24, 2.45) is 0 Å². The number of halogens is 4. The van der Waals surface area contributed by atoms with Crippen molar-refractivity contribution in [1.82, 2.24) is 4.98 Å². The third-order valence-electron chi connectivity index (χ3n) is 4.44. The summed E-state index contributed by atoms with van der Waals surface area (Å²) in [5, 5.41) is 3.01. The zero-order chi connectivity index (χ0) is 20.7. The van der Waals surface area contributed by atoms with Gasteiger partial charge in [-0.05, 0) is 48.9 Å². The van der Waals surface area contributed by atoms with Gasteiger partial charge in [0.25, 0.3) is 5.91 Å². The first kappa shape index (κ1) is 19.0. The average Bonchev–Trinajstić information content (AvgIpc) is 3.10. The molecule has 146 valence electrons. The van der Waals surface area contributed by atoms with Crippen LogP contribution >= 0.6 is 11.6 Å². The molecule has 0 radical (unpaired) electrons. The van der Waals surface area contributed by atoms with Crippen molar-refractivity contribution >= 4 is 34.3 Å². The van der Waals surface area contributed by atoms with E-state index in [1.54, 1.807) is 43.3 Å². The van der Waals surface area contributed by atoms with Gasteiger partial charge in [0.2, 0.25) is 5.89 Å². The SMILES string of the molecule is Cc1c(NC(=O)c2ccc(F)c(F)c2F)cccc1-c1nc2ccc(Cl)cc2o1. The van der Waals surface area contributed by atoms with Gasteiger partial charge in [-0.3, -0.25) is 4.79 Å². The summed E-state index contributed by atoms with van der Waals surface area (Å²) in [6, 6.07) is 11.6. The summed E-state index contributed by atoms with van der Waals surface area (Å²) in [6.07, 6.45) is 0. The van der Waals surface area contributed by atoms with Crippen LogP contribution in [0.3, 0.4) is 0 Å². The third-order valence-corrected chi connectivity index (χ3v) is 4.68. The van der Waals surface area contributed by atoms with E-state index < -0.39 is 28.9 Å². The number of rotatable bonds is 3. The second-order valence-electron chi connectivity index (χ2n) is 6.29. The number of hydrogen-bond donors (Lipinski definition) is 1. The number of carbonyl (C=O) groups is 1. The van der Waals surface area contributed by atoms with Gasteiger partial charge in [-0.25, -0.2) is 18.2 Å². The molecule has 1 aromatic heterocycles. The number of hydrogen-bond acceptors (Lipinski definition) is 3. The van der Waals surface area contributed by atoms with Gasteiger partial charge in [0.15, 0.2) is 23.0 Å². The molecule has 8 heteroatoms. The summed E-state index contributed by atoms with van der Waals surface area (Å²) in [5.74, 6) is -5.21. The summed E-state index contributed by atoms with van der Waals surface area (Å²) < 4.78 is 46.2. The Labute approximate surface area is 167 Å². The van der Waals surface area contributed by atoms with Crippen LogP contribution in [-0.2, 0) is 0 Å². The molecule has 0 aliphatic carbocycles. The van der Waals surface area contributed by atoms with E-state index in [0.29, 0.717) is 44.9 Å². The van der Waals surface area contributed by atoms with Crippen molar-refractivity contribution in [3.8, 4) is 11.5 Å². The molecule has 1 amide bonds. The van der Waals surface area contributed by atoms with Gasteiger partial charge < -0.3 is 9.73 Å². The summed E-state index contributed by atoms with van der Waals surface area (Å²) in [7, 11) is 0. The van der Waals surface area contributed by atoms with Gasteiger partial charge in [0, 0.05) is 22.3 Å². The maximum absolute atomic E-state index is 13.9. The number of anilines is 1. The standard InChI is InChI=1S/C21H12ClF3N2O2/c1-10-12(21-27-16-8-5-11(22)9-17(16)29-21)3-2-4-15(10)26-20(28)13-6-7-14(23)19(25)18(13)24/h2-9H,1H3,(H,26,28). The smallest absolute Gasteiger partial charge is 0.258 e. The van der Waals surface area contributed by atoms with Gasteiger partial charge in [-0.2, -0.15) is 0 Å². The number of amides is 1. The van der Waals surface area contributed by atoms with Crippen LogP contribution in [0.25, 0.3) is 22.6 Å². The Morgan fingerprint density at radius 2 is 1.86 bits per heavy atom. The highest BCUT2D eigenvalue weighted by Crippen LogP contribution is 2.31. The maximum Gasteiger partial charge on any atom is 0.258 e. The molecular weight excluding hydrogens is 405 g/mol. The van der Waals surface area contributed by atoms with Crippen molar-refractivity contribution < 1.29 is 22.4 Å². The van der Waals surface area contributed by atoms with E-state index in [1.165, 1.54) is 0 Å². The Hall–Kier alpha value is -3.32. The number of oxazole rings is 1. The van der Waals surface area contributed by atoms with E-state index in [1.807, 2.05) is 0 Å². The minimum atomic E-state index is -1.70. The molecule has 0 aliphatic heterocycles. The highest BCUT2D eigenvalue weighted by atomic mass is 35.5. The first-order valence-electron chi connectivity index (χ1n) is 8.46. The molecule has 0 atom stereocenters. The average molecular weight is 417 g/mol. The van der Waals surface area contributed by atoms with Crippen LogP contribution in [0.2, 0.25) is 5.02 Å². The molecule has 0 saturated carbocycles. The van der Waals surface area contributed by atoms with Crippen LogP contribution in [0.4, 0.5) is 18.9 Å². The van der Waals surface area contributed by atoms with Crippen LogP contribution in [0.5, 0.6) is 0 Å². The van der Waals surface area contributed by atoms with Gasteiger partial charge >= 0.3 is 0 Å². The summed E-state index contributed by atoms with van der Waals surface area (Å²) in [4.78, 5) is 16.8. The fourth-order valence-corrected chi connectivity index (χ4v) is 3.07. The van der Waals surface area contributed by atoms with Crippen LogP contribution < -0.4 is 5.32 Å². The van der Waals surface area contributed by atoms with Crippen LogP contribution in [0.1, 0.15) is 15.9 Å². The van der Waals surface area contributed by atoms with E-state index >= 15 is 0 Å². The van der Waals surface area contributed by atoms with Gasteiger partial charge in [-0.15, -0.1) is 0 Å². The summed E-state index contributed by atoms with van der Waals surface area (Å²) >= 11 is 5.96. The molecule has 0 saturated heterocycles. The predicted octanol–water partition coefficient (Wildman–Crippen LogP) is 6.13. The number of fused-ring (bicyclic) bond motifs is 1. The number of carbonyl (C=O) groups excluding carboxylic acids is 1. The van der Waals surface area contributed by atoms with E-state index in [9.17, 15) is 18.0 Å². The zero-order valence-corrected chi connectivity index (χ0v) is 15.7. The molecule has 29 heavy (non-hydrogen) atoms. The fourth-order valence-electron chi connectivity index (χ4n) is 2.91. The van der Waals surface area contributed by atoms with E-state index in [2.05, 4.69) is 10.3 Å². The monoisotopic (exact) mass is 416 g/mol. The Balaban J connectivity index is 1.69. The molecule has 4 nitrogen and oxygen atoms in total. The molecule has 4 rings (SSSR count). The molecule has 0 aliphatic rings. The van der Waals surface area contributed by atoms with Crippen LogP contribution in [0.15, 0.2) is 52.9 Å². The van der Waals surface area contributed by atoms with Crippen molar-refractivity contribution in [2.45, 2.75) is 6.92 Å². The first-order chi connectivity index (χ1) is 13.8. The molecule has 0 unspecified atom stereocenters. The summed E-state index contributed by atoms with van der Waals surface area (Å²) in [5.41, 5.74) is 2.05. The van der Waals surface area contributed by atoms with Gasteiger partial charge in [-0.1, -0.05) is 17.7 Å². The lowest BCUT2D eigenvalue weighted by molar-refractivity contribution is 0.102. The number of aromatic nitrogens is 1. The molecule has 1 N–H and O–H groups in total. The number of nitrogens with one attached hydrogen (secondary N) is 1. The van der Waals surface area contributed by atoms with E-state index in [4.69, 9.17) is 16.0 Å².